The Morgan fingerprint density at radius 2 is 1.87 bits per heavy atom. The molecule has 0 fully saturated rings. The van der Waals surface area contributed by atoms with Crippen molar-refractivity contribution in [1.82, 2.24) is 24.9 Å². The molecule has 5 nitrogen and oxygen atoms in total. The van der Waals surface area contributed by atoms with E-state index in [1.807, 2.05) is 40.1 Å². The largest absolute Gasteiger partial charge is 0.308 e. The Labute approximate surface area is 136 Å². The maximum atomic E-state index is 4.44. The highest BCUT2D eigenvalue weighted by atomic mass is 15.3. The second-order valence-electron chi connectivity index (χ2n) is 5.93. The van der Waals surface area contributed by atoms with Crippen LogP contribution in [0, 0.1) is 0 Å². The van der Waals surface area contributed by atoms with Crippen LogP contribution in [0.25, 0.3) is 0 Å². The summed E-state index contributed by atoms with van der Waals surface area (Å²) < 4.78 is 3.96. The fraction of sp³-hybridized carbons (Fsp3) is 0.333. The maximum Gasteiger partial charge on any atom is 0.0659 e. The van der Waals surface area contributed by atoms with Gasteiger partial charge in [0.1, 0.15) is 0 Å². The summed E-state index contributed by atoms with van der Waals surface area (Å²) in [6.07, 6.45) is 7.85. The highest BCUT2D eigenvalue weighted by Gasteiger charge is 2.13. The number of benzene rings is 1. The first kappa shape index (κ1) is 15.5. The molecule has 0 aliphatic carbocycles. The van der Waals surface area contributed by atoms with Gasteiger partial charge in [-0.2, -0.15) is 10.2 Å². The number of hydrogen-bond acceptors (Lipinski definition) is 3. The molecule has 2 heterocycles. The van der Waals surface area contributed by atoms with E-state index in [0.717, 1.165) is 13.1 Å². The molecular formula is C18H23N5. The predicted octanol–water partition coefficient (Wildman–Crippen LogP) is 2.87. The molecule has 23 heavy (non-hydrogen) atoms. The summed E-state index contributed by atoms with van der Waals surface area (Å²) in [5.74, 6) is 0. The van der Waals surface area contributed by atoms with Gasteiger partial charge >= 0.3 is 0 Å². The molecule has 2 atom stereocenters. The van der Waals surface area contributed by atoms with Crippen molar-refractivity contribution in [3.05, 3.63) is 72.3 Å². The minimum absolute atomic E-state index is 0.310. The molecule has 0 saturated carbocycles. The van der Waals surface area contributed by atoms with E-state index in [1.165, 1.54) is 11.1 Å². The van der Waals surface area contributed by atoms with Gasteiger partial charge in [0.2, 0.25) is 0 Å². The zero-order chi connectivity index (χ0) is 16.1. The van der Waals surface area contributed by atoms with Crippen molar-refractivity contribution in [1.29, 1.82) is 0 Å². The number of hydrogen-bond donors (Lipinski definition) is 1. The average Bonchev–Trinajstić information content (AvgIpc) is 3.25. The SMILES string of the molecule is C[C@@H](NCc1cnn(Cc2ccccc2)c1)[C@H](C)n1cccn1. The van der Waals surface area contributed by atoms with Crippen LogP contribution in [0.15, 0.2) is 61.2 Å². The third kappa shape index (κ3) is 4.07. The van der Waals surface area contributed by atoms with Gasteiger partial charge in [0.25, 0.3) is 0 Å². The molecule has 0 bridgehead atoms. The lowest BCUT2D eigenvalue weighted by Crippen LogP contribution is -2.33. The highest BCUT2D eigenvalue weighted by molar-refractivity contribution is 5.15. The van der Waals surface area contributed by atoms with Crippen LogP contribution < -0.4 is 5.32 Å². The second kappa shape index (κ2) is 7.24. The number of nitrogens with zero attached hydrogens (tertiary/aromatic N) is 4. The lowest BCUT2D eigenvalue weighted by atomic mass is 10.1. The molecule has 0 aliphatic rings. The normalized spacial score (nSPS) is 13.8. The molecule has 0 radical (unpaired) electrons. The number of rotatable bonds is 7. The molecule has 0 spiro atoms. The smallest absolute Gasteiger partial charge is 0.0659 e. The van der Waals surface area contributed by atoms with Crippen LogP contribution in [0.5, 0.6) is 0 Å². The van der Waals surface area contributed by atoms with E-state index in [1.54, 1.807) is 0 Å². The summed E-state index contributed by atoms with van der Waals surface area (Å²) in [7, 11) is 0. The molecule has 1 N–H and O–H groups in total. The van der Waals surface area contributed by atoms with Crippen LogP contribution in [-0.4, -0.2) is 25.6 Å². The zero-order valence-electron chi connectivity index (χ0n) is 13.6. The summed E-state index contributed by atoms with van der Waals surface area (Å²) in [6.45, 7) is 5.96. The van der Waals surface area contributed by atoms with Gasteiger partial charge in [0.15, 0.2) is 0 Å². The highest BCUT2D eigenvalue weighted by Crippen LogP contribution is 2.10. The van der Waals surface area contributed by atoms with Gasteiger partial charge < -0.3 is 5.32 Å². The van der Waals surface area contributed by atoms with E-state index in [2.05, 4.69) is 59.8 Å². The Bertz CT molecular complexity index is 702. The fourth-order valence-corrected chi connectivity index (χ4v) is 2.55. The van der Waals surface area contributed by atoms with E-state index in [9.17, 15) is 0 Å². The first-order valence-electron chi connectivity index (χ1n) is 8.00. The van der Waals surface area contributed by atoms with Gasteiger partial charge in [0.05, 0.1) is 18.8 Å². The fourth-order valence-electron chi connectivity index (χ4n) is 2.55. The van der Waals surface area contributed by atoms with E-state index < -0.39 is 0 Å². The minimum atomic E-state index is 0.310. The average molecular weight is 309 g/mol. The van der Waals surface area contributed by atoms with Crippen molar-refractivity contribution >= 4 is 0 Å². The summed E-state index contributed by atoms with van der Waals surface area (Å²) in [5, 5.41) is 12.3. The maximum absolute atomic E-state index is 4.44. The van der Waals surface area contributed by atoms with E-state index in [-0.39, 0.29) is 0 Å². The van der Waals surface area contributed by atoms with Gasteiger partial charge in [-0.15, -0.1) is 0 Å². The standard InChI is InChI=1S/C18H23N5/c1-15(16(2)23-10-6-9-20-23)19-11-18-12-21-22(14-18)13-17-7-4-3-5-8-17/h3-10,12,14-16,19H,11,13H2,1-2H3/t15-,16+/m1/s1. The second-order valence-corrected chi connectivity index (χ2v) is 5.93. The van der Waals surface area contributed by atoms with Gasteiger partial charge in [-0.25, -0.2) is 0 Å². The van der Waals surface area contributed by atoms with E-state index in [4.69, 9.17) is 0 Å². The van der Waals surface area contributed by atoms with Crippen LogP contribution in [0.3, 0.4) is 0 Å². The van der Waals surface area contributed by atoms with Gasteiger partial charge in [-0.3, -0.25) is 9.36 Å². The van der Waals surface area contributed by atoms with Crippen LogP contribution in [0.4, 0.5) is 0 Å². The third-order valence-corrected chi connectivity index (χ3v) is 4.17. The van der Waals surface area contributed by atoms with Gasteiger partial charge in [-0.1, -0.05) is 30.3 Å². The quantitative estimate of drug-likeness (QED) is 0.730. The van der Waals surface area contributed by atoms with Crippen molar-refractivity contribution in [3.63, 3.8) is 0 Å². The summed E-state index contributed by atoms with van der Waals surface area (Å²) in [5.41, 5.74) is 2.45. The monoisotopic (exact) mass is 309 g/mol. The lowest BCUT2D eigenvalue weighted by molar-refractivity contribution is 0.365. The Morgan fingerprint density at radius 3 is 2.61 bits per heavy atom. The van der Waals surface area contributed by atoms with Crippen LogP contribution in [-0.2, 0) is 13.1 Å². The number of nitrogens with one attached hydrogen (secondary N) is 1. The summed E-state index contributed by atoms with van der Waals surface area (Å²) in [6, 6.07) is 13.0. The molecule has 3 aromatic rings. The van der Waals surface area contributed by atoms with Crippen molar-refractivity contribution in [3.8, 4) is 0 Å². The molecule has 3 rings (SSSR count). The van der Waals surface area contributed by atoms with Crippen molar-refractivity contribution in [2.24, 2.45) is 0 Å². The third-order valence-electron chi connectivity index (χ3n) is 4.17. The lowest BCUT2D eigenvalue weighted by Gasteiger charge is -2.21. The summed E-state index contributed by atoms with van der Waals surface area (Å²) in [4.78, 5) is 0. The Hall–Kier alpha value is -2.40. The topological polar surface area (TPSA) is 47.7 Å². The molecule has 0 amide bonds. The van der Waals surface area contributed by atoms with E-state index >= 15 is 0 Å². The molecule has 0 aliphatic heterocycles. The number of aromatic nitrogens is 4. The van der Waals surface area contributed by atoms with Crippen LogP contribution in [0.2, 0.25) is 0 Å². The van der Waals surface area contributed by atoms with E-state index in [0.29, 0.717) is 12.1 Å². The molecule has 2 aromatic heterocycles. The van der Waals surface area contributed by atoms with Gasteiger partial charge in [-0.05, 0) is 25.5 Å². The first-order chi connectivity index (χ1) is 11.2. The molecule has 5 heteroatoms. The Balaban J connectivity index is 1.53. The molecule has 1 aromatic carbocycles. The molecule has 120 valence electrons. The van der Waals surface area contributed by atoms with Gasteiger partial charge in [0, 0.05) is 36.7 Å². The molecule has 0 saturated heterocycles. The van der Waals surface area contributed by atoms with Crippen molar-refractivity contribution in [2.45, 2.75) is 39.0 Å². The zero-order valence-corrected chi connectivity index (χ0v) is 13.6. The Morgan fingerprint density at radius 1 is 1.04 bits per heavy atom. The summed E-state index contributed by atoms with van der Waals surface area (Å²) >= 11 is 0. The first-order valence-corrected chi connectivity index (χ1v) is 8.00. The minimum Gasteiger partial charge on any atom is -0.308 e. The molecular weight excluding hydrogens is 286 g/mol. The molecule has 0 unspecified atom stereocenters. The van der Waals surface area contributed by atoms with Crippen LogP contribution in [0.1, 0.15) is 31.0 Å². The predicted molar refractivity (Wildman–Crippen MR) is 91.0 cm³/mol. The van der Waals surface area contributed by atoms with Crippen LogP contribution >= 0.6 is 0 Å². The van der Waals surface area contributed by atoms with Crippen molar-refractivity contribution < 1.29 is 0 Å². The van der Waals surface area contributed by atoms with Crippen molar-refractivity contribution in [2.75, 3.05) is 0 Å². The Kier molecular flexibility index (Phi) is 4.88.